The zero-order chi connectivity index (χ0) is 18.1. The average Bonchev–Trinajstić information content (AvgIpc) is 3.10. The molecule has 0 unspecified atom stereocenters. The molecule has 3 aromatic rings. The molecule has 3 aromatic heterocycles. The number of carbonyl (C=O) groups is 1. The van der Waals surface area contributed by atoms with E-state index >= 15 is 0 Å². The van der Waals surface area contributed by atoms with Crippen LogP contribution in [0, 0.1) is 0 Å². The topological polar surface area (TPSA) is 108 Å². The molecule has 1 aliphatic rings. The van der Waals surface area contributed by atoms with Crippen molar-refractivity contribution < 1.29 is 9.90 Å². The predicted octanol–water partition coefficient (Wildman–Crippen LogP) is 2.08. The van der Waals surface area contributed by atoms with Crippen LogP contribution in [-0.4, -0.2) is 42.8 Å². The van der Waals surface area contributed by atoms with E-state index < -0.39 is 5.97 Å². The van der Waals surface area contributed by atoms with Crippen LogP contribution in [0.25, 0.3) is 11.4 Å². The molecule has 0 amide bonds. The average molecular weight is 350 g/mol. The first-order valence-corrected chi connectivity index (χ1v) is 8.48. The molecule has 0 bridgehead atoms. The van der Waals surface area contributed by atoms with Crippen LogP contribution in [0.5, 0.6) is 0 Å². The highest BCUT2D eigenvalue weighted by atomic mass is 16.4. The molecule has 1 aliphatic heterocycles. The van der Waals surface area contributed by atoms with Crippen molar-refractivity contribution in [2.24, 2.45) is 0 Å². The second-order valence-electron chi connectivity index (χ2n) is 6.13. The predicted molar refractivity (Wildman–Crippen MR) is 94.9 cm³/mol. The van der Waals surface area contributed by atoms with Gasteiger partial charge in [0.1, 0.15) is 0 Å². The number of nitrogens with zero attached hydrogens (tertiary/aromatic N) is 5. The Balaban J connectivity index is 1.64. The number of pyridine rings is 1. The van der Waals surface area contributed by atoms with Gasteiger partial charge in [-0.3, -0.25) is 10.1 Å². The number of aromatic carboxylic acids is 1. The molecule has 2 N–H and O–H groups in total. The summed E-state index contributed by atoms with van der Waals surface area (Å²) in [4.78, 5) is 26.5. The Kier molecular flexibility index (Phi) is 4.08. The summed E-state index contributed by atoms with van der Waals surface area (Å²) in [7, 11) is 0. The second kappa shape index (κ2) is 6.55. The highest BCUT2D eigenvalue weighted by Gasteiger charge is 2.23. The van der Waals surface area contributed by atoms with Crippen LogP contribution in [0.1, 0.15) is 34.2 Å². The van der Waals surface area contributed by atoms with Crippen molar-refractivity contribution in [3.05, 3.63) is 53.1 Å². The van der Waals surface area contributed by atoms with Crippen LogP contribution < -0.4 is 4.90 Å². The van der Waals surface area contributed by atoms with E-state index in [2.05, 4.69) is 37.0 Å². The van der Waals surface area contributed by atoms with Crippen LogP contribution in [0.4, 0.5) is 5.95 Å². The summed E-state index contributed by atoms with van der Waals surface area (Å²) >= 11 is 0. The lowest BCUT2D eigenvalue weighted by atomic mass is 10.0. The molecule has 0 radical (unpaired) electrons. The highest BCUT2D eigenvalue weighted by Crippen LogP contribution is 2.25. The Morgan fingerprint density at radius 1 is 1.27 bits per heavy atom. The van der Waals surface area contributed by atoms with E-state index in [0.29, 0.717) is 23.9 Å². The Morgan fingerprint density at radius 3 is 2.92 bits per heavy atom. The number of carboxylic acid groups (broad SMARTS) is 1. The Hall–Kier alpha value is -3.29. The molecule has 4 rings (SSSR count). The fourth-order valence-electron chi connectivity index (χ4n) is 3.16. The largest absolute Gasteiger partial charge is 0.478 e. The van der Waals surface area contributed by atoms with Crippen molar-refractivity contribution in [1.29, 1.82) is 0 Å². The third-order valence-electron chi connectivity index (χ3n) is 4.55. The maximum atomic E-state index is 11.2. The van der Waals surface area contributed by atoms with Gasteiger partial charge < -0.3 is 10.0 Å². The molecule has 0 saturated carbocycles. The van der Waals surface area contributed by atoms with Gasteiger partial charge in [0.15, 0.2) is 0 Å². The van der Waals surface area contributed by atoms with Crippen molar-refractivity contribution >= 4 is 11.9 Å². The van der Waals surface area contributed by atoms with Gasteiger partial charge in [-0.15, -0.1) is 0 Å². The van der Waals surface area contributed by atoms with Crippen LogP contribution in [0.2, 0.25) is 0 Å². The van der Waals surface area contributed by atoms with Gasteiger partial charge in [0.2, 0.25) is 5.95 Å². The lowest BCUT2D eigenvalue weighted by Crippen LogP contribution is -2.32. The van der Waals surface area contributed by atoms with E-state index in [9.17, 15) is 4.79 Å². The van der Waals surface area contributed by atoms with Crippen LogP contribution in [0.15, 0.2) is 30.6 Å². The molecule has 0 aromatic carbocycles. The van der Waals surface area contributed by atoms with Crippen molar-refractivity contribution in [1.82, 2.24) is 25.1 Å². The molecule has 8 nitrogen and oxygen atoms in total. The quantitative estimate of drug-likeness (QED) is 0.741. The van der Waals surface area contributed by atoms with Gasteiger partial charge in [-0.2, -0.15) is 5.10 Å². The number of aryl methyl sites for hydroxylation is 1. The van der Waals surface area contributed by atoms with Crippen LogP contribution in [0.3, 0.4) is 0 Å². The summed E-state index contributed by atoms with van der Waals surface area (Å²) in [6.07, 6.45) is 4.90. The monoisotopic (exact) mass is 350 g/mol. The minimum Gasteiger partial charge on any atom is -0.478 e. The first-order chi connectivity index (χ1) is 12.7. The molecule has 4 heterocycles. The van der Waals surface area contributed by atoms with E-state index in [0.717, 1.165) is 25.1 Å². The summed E-state index contributed by atoms with van der Waals surface area (Å²) in [5.41, 5.74) is 4.79. The number of aromatic amines is 1. The first-order valence-electron chi connectivity index (χ1n) is 8.48. The van der Waals surface area contributed by atoms with Gasteiger partial charge in [0.05, 0.1) is 22.6 Å². The van der Waals surface area contributed by atoms with Crippen molar-refractivity contribution in [2.75, 3.05) is 11.4 Å². The zero-order valence-corrected chi connectivity index (χ0v) is 14.3. The summed E-state index contributed by atoms with van der Waals surface area (Å²) in [6, 6.07) is 4.72. The van der Waals surface area contributed by atoms with E-state index in [1.165, 1.54) is 29.6 Å². The van der Waals surface area contributed by atoms with Gasteiger partial charge in [-0.1, -0.05) is 6.92 Å². The van der Waals surface area contributed by atoms with E-state index in [1.54, 1.807) is 12.3 Å². The van der Waals surface area contributed by atoms with Gasteiger partial charge >= 0.3 is 5.97 Å². The fraction of sp³-hybridized carbons (Fsp3) is 0.278. The lowest BCUT2D eigenvalue weighted by molar-refractivity contribution is 0.0697. The first kappa shape index (κ1) is 16.2. The summed E-state index contributed by atoms with van der Waals surface area (Å²) < 4.78 is 0. The van der Waals surface area contributed by atoms with Crippen LogP contribution >= 0.6 is 0 Å². The number of H-pyrrole nitrogens is 1. The number of aromatic nitrogens is 5. The molecular weight excluding hydrogens is 332 g/mol. The Morgan fingerprint density at radius 2 is 2.12 bits per heavy atom. The minimum atomic E-state index is -0.987. The van der Waals surface area contributed by atoms with E-state index in [-0.39, 0.29) is 5.56 Å². The smallest absolute Gasteiger partial charge is 0.335 e. The number of hydrogen-bond donors (Lipinski definition) is 2. The Bertz CT molecular complexity index is 954. The maximum Gasteiger partial charge on any atom is 0.335 e. The third kappa shape index (κ3) is 2.90. The zero-order valence-electron chi connectivity index (χ0n) is 14.3. The SMILES string of the molecule is CCc1n[nH]c2c1CN(c1nccc(-c3cc(C(=O)O)ccn3)n1)CC2. The summed E-state index contributed by atoms with van der Waals surface area (Å²) in [6.45, 7) is 3.60. The van der Waals surface area contributed by atoms with Crippen molar-refractivity contribution in [3.8, 4) is 11.4 Å². The van der Waals surface area contributed by atoms with Gasteiger partial charge in [-0.05, 0) is 24.6 Å². The standard InChI is InChI=1S/C18H18N6O2/c1-2-13-12-10-24(8-5-14(12)23-22-13)18-20-7-4-15(21-18)16-9-11(17(25)26)3-6-19-16/h3-4,6-7,9H,2,5,8,10H2,1H3,(H,22,23)(H,25,26). The number of hydrogen-bond acceptors (Lipinski definition) is 6. The van der Waals surface area contributed by atoms with Crippen molar-refractivity contribution in [2.45, 2.75) is 26.3 Å². The van der Waals surface area contributed by atoms with E-state index in [1.807, 2.05) is 0 Å². The van der Waals surface area contributed by atoms with E-state index in [4.69, 9.17) is 5.11 Å². The van der Waals surface area contributed by atoms with Gasteiger partial charge in [-0.25, -0.2) is 14.8 Å². The summed E-state index contributed by atoms with van der Waals surface area (Å²) in [5.74, 6) is -0.377. The van der Waals surface area contributed by atoms with Gasteiger partial charge in [0, 0.05) is 43.2 Å². The summed E-state index contributed by atoms with van der Waals surface area (Å²) in [5, 5.41) is 16.7. The number of carboxylic acids is 1. The molecule has 0 aliphatic carbocycles. The van der Waals surface area contributed by atoms with Crippen LogP contribution in [-0.2, 0) is 19.4 Å². The highest BCUT2D eigenvalue weighted by molar-refractivity contribution is 5.88. The normalized spacial score (nSPS) is 13.5. The lowest BCUT2D eigenvalue weighted by Gasteiger charge is -2.27. The molecule has 8 heteroatoms. The molecule has 0 saturated heterocycles. The molecule has 0 spiro atoms. The molecular formula is C18H18N6O2. The minimum absolute atomic E-state index is 0.184. The third-order valence-corrected chi connectivity index (χ3v) is 4.55. The fourth-order valence-corrected chi connectivity index (χ4v) is 3.16. The number of rotatable bonds is 4. The second-order valence-corrected chi connectivity index (χ2v) is 6.13. The molecule has 0 fully saturated rings. The molecule has 132 valence electrons. The number of anilines is 1. The Labute approximate surface area is 150 Å². The molecule has 0 atom stereocenters. The van der Waals surface area contributed by atoms with Crippen molar-refractivity contribution in [3.63, 3.8) is 0 Å². The number of nitrogens with one attached hydrogen (secondary N) is 1. The maximum absolute atomic E-state index is 11.2. The number of fused-ring (bicyclic) bond motifs is 1. The molecule has 26 heavy (non-hydrogen) atoms. The van der Waals surface area contributed by atoms with Gasteiger partial charge in [0.25, 0.3) is 0 Å².